The van der Waals surface area contributed by atoms with Crippen molar-refractivity contribution in [2.45, 2.75) is 0 Å². The summed E-state index contributed by atoms with van der Waals surface area (Å²) in [6.45, 7) is 1.06. The van der Waals surface area contributed by atoms with E-state index >= 15 is 0 Å². The molecular weight excluding hydrogens is 246 g/mol. The SMILES string of the molecule is O=C(O)c1c(Cl)cccc1NCCOCCO. The number of rotatable bonds is 7. The Morgan fingerprint density at radius 2 is 2.18 bits per heavy atom. The smallest absolute Gasteiger partial charge is 0.339 e. The van der Waals surface area contributed by atoms with Gasteiger partial charge in [0, 0.05) is 6.54 Å². The van der Waals surface area contributed by atoms with Gasteiger partial charge >= 0.3 is 5.97 Å². The van der Waals surface area contributed by atoms with E-state index in [1.165, 1.54) is 6.07 Å². The van der Waals surface area contributed by atoms with E-state index in [1.807, 2.05) is 0 Å². The number of halogens is 1. The molecule has 3 N–H and O–H groups in total. The van der Waals surface area contributed by atoms with Gasteiger partial charge in [-0.25, -0.2) is 4.79 Å². The first-order chi connectivity index (χ1) is 8.16. The van der Waals surface area contributed by atoms with Crippen molar-refractivity contribution in [1.82, 2.24) is 0 Å². The van der Waals surface area contributed by atoms with Crippen LogP contribution in [-0.2, 0) is 4.74 Å². The molecule has 94 valence electrons. The minimum Gasteiger partial charge on any atom is -0.478 e. The standard InChI is InChI=1S/C11H14ClNO4/c12-8-2-1-3-9(10(8)11(15)16)13-4-6-17-7-5-14/h1-3,13-14H,4-7H2,(H,15,16). The Balaban J connectivity index is 2.58. The van der Waals surface area contributed by atoms with Crippen LogP contribution in [0, 0.1) is 0 Å². The lowest BCUT2D eigenvalue weighted by Gasteiger charge is -2.10. The van der Waals surface area contributed by atoms with Crippen LogP contribution in [-0.4, -0.2) is 42.5 Å². The molecule has 0 unspecified atom stereocenters. The normalized spacial score (nSPS) is 10.2. The van der Waals surface area contributed by atoms with Crippen LogP contribution in [0.3, 0.4) is 0 Å². The molecule has 0 saturated carbocycles. The Labute approximate surface area is 104 Å². The summed E-state index contributed by atoms with van der Waals surface area (Å²) in [5.74, 6) is -1.07. The monoisotopic (exact) mass is 259 g/mol. The molecule has 5 nitrogen and oxygen atoms in total. The van der Waals surface area contributed by atoms with Crippen molar-refractivity contribution in [3.8, 4) is 0 Å². The van der Waals surface area contributed by atoms with Crippen molar-refractivity contribution in [2.75, 3.05) is 31.7 Å². The maximum absolute atomic E-state index is 11.0. The molecule has 0 saturated heterocycles. The van der Waals surface area contributed by atoms with Crippen molar-refractivity contribution in [3.05, 3.63) is 28.8 Å². The molecule has 17 heavy (non-hydrogen) atoms. The van der Waals surface area contributed by atoms with Crippen molar-refractivity contribution >= 4 is 23.3 Å². The molecule has 0 aliphatic carbocycles. The summed E-state index contributed by atoms with van der Waals surface area (Å²) in [7, 11) is 0. The van der Waals surface area contributed by atoms with Crippen LogP contribution in [0.25, 0.3) is 0 Å². The van der Waals surface area contributed by atoms with Crippen LogP contribution in [0.2, 0.25) is 5.02 Å². The number of carboxylic acid groups (broad SMARTS) is 1. The maximum atomic E-state index is 11.0. The number of ether oxygens (including phenoxy) is 1. The number of benzene rings is 1. The largest absolute Gasteiger partial charge is 0.478 e. The van der Waals surface area contributed by atoms with Gasteiger partial charge in [0.15, 0.2) is 0 Å². The van der Waals surface area contributed by atoms with Gasteiger partial charge in [-0.1, -0.05) is 17.7 Å². The predicted molar refractivity (Wildman–Crippen MR) is 64.8 cm³/mol. The number of carboxylic acids is 1. The first-order valence-corrected chi connectivity index (χ1v) is 5.49. The number of anilines is 1. The summed E-state index contributed by atoms with van der Waals surface area (Å²) in [6, 6.07) is 4.84. The lowest BCUT2D eigenvalue weighted by molar-refractivity contribution is 0.0698. The Morgan fingerprint density at radius 3 is 2.82 bits per heavy atom. The third-order valence-corrected chi connectivity index (χ3v) is 2.34. The quantitative estimate of drug-likeness (QED) is 0.646. The van der Waals surface area contributed by atoms with Gasteiger partial charge in [0.2, 0.25) is 0 Å². The van der Waals surface area contributed by atoms with Gasteiger partial charge in [-0.3, -0.25) is 0 Å². The molecule has 0 atom stereocenters. The number of hydrogen-bond acceptors (Lipinski definition) is 4. The van der Waals surface area contributed by atoms with Crippen LogP contribution in [0.1, 0.15) is 10.4 Å². The van der Waals surface area contributed by atoms with Gasteiger partial charge in [-0.2, -0.15) is 0 Å². The zero-order chi connectivity index (χ0) is 12.7. The van der Waals surface area contributed by atoms with Crippen LogP contribution in [0.4, 0.5) is 5.69 Å². The summed E-state index contributed by atoms with van der Waals surface area (Å²) < 4.78 is 5.04. The van der Waals surface area contributed by atoms with Crippen molar-refractivity contribution in [2.24, 2.45) is 0 Å². The Hall–Kier alpha value is -1.30. The minimum absolute atomic E-state index is 0.0302. The fourth-order valence-electron chi connectivity index (χ4n) is 1.31. The molecule has 0 fully saturated rings. The molecule has 0 amide bonds. The van der Waals surface area contributed by atoms with E-state index in [0.29, 0.717) is 18.8 Å². The second-order valence-corrected chi connectivity index (χ2v) is 3.64. The van der Waals surface area contributed by atoms with Crippen LogP contribution >= 0.6 is 11.6 Å². The molecule has 0 aliphatic rings. The van der Waals surface area contributed by atoms with E-state index < -0.39 is 5.97 Å². The first kappa shape index (κ1) is 13.8. The molecule has 0 heterocycles. The number of aliphatic hydroxyl groups excluding tert-OH is 1. The minimum atomic E-state index is -1.07. The van der Waals surface area contributed by atoms with Gasteiger partial charge in [0.1, 0.15) is 5.56 Å². The number of aromatic carboxylic acids is 1. The summed E-state index contributed by atoms with van der Waals surface area (Å²) in [5.41, 5.74) is 0.508. The number of hydrogen-bond donors (Lipinski definition) is 3. The highest BCUT2D eigenvalue weighted by Crippen LogP contribution is 2.23. The third-order valence-electron chi connectivity index (χ3n) is 2.02. The van der Waals surface area contributed by atoms with Crippen LogP contribution in [0.15, 0.2) is 18.2 Å². The summed E-state index contributed by atoms with van der Waals surface area (Å²) in [6.07, 6.45) is 0. The molecule has 0 radical (unpaired) electrons. The molecule has 0 aliphatic heterocycles. The highest BCUT2D eigenvalue weighted by molar-refractivity contribution is 6.34. The van der Waals surface area contributed by atoms with E-state index in [9.17, 15) is 4.79 Å². The Bertz CT molecular complexity index is 384. The molecular formula is C11H14ClNO4. The number of carbonyl (C=O) groups is 1. The van der Waals surface area contributed by atoms with E-state index in [2.05, 4.69) is 5.32 Å². The van der Waals surface area contributed by atoms with Gasteiger partial charge in [-0.15, -0.1) is 0 Å². The lowest BCUT2D eigenvalue weighted by Crippen LogP contribution is -2.13. The molecule has 0 spiro atoms. The molecule has 0 bridgehead atoms. The Morgan fingerprint density at radius 1 is 1.41 bits per heavy atom. The first-order valence-electron chi connectivity index (χ1n) is 5.11. The Kier molecular flexibility index (Phi) is 5.76. The van der Waals surface area contributed by atoms with E-state index in [0.717, 1.165) is 0 Å². The van der Waals surface area contributed by atoms with Crippen LogP contribution < -0.4 is 5.32 Å². The zero-order valence-corrected chi connectivity index (χ0v) is 9.91. The van der Waals surface area contributed by atoms with Gasteiger partial charge in [-0.05, 0) is 12.1 Å². The highest BCUT2D eigenvalue weighted by atomic mass is 35.5. The highest BCUT2D eigenvalue weighted by Gasteiger charge is 2.13. The van der Waals surface area contributed by atoms with Gasteiger partial charge in [0.25, 0.3) is 0 Å². The van der Waals surface area contributed by atoms with Crippen LogP contribution in [0.5, 0.6) is 0 Å². The number of aliphatic hydroxyl groups is 1. The summed E-state index contributed by atoms with van der Waals surface area (Å²) in [4.78, 5) is 11.0. The fourth-order valence-corrected chi connectivity index (χ4v) is 1.57. The molecule has 1 rings (SSSR count). The zero-order valence-electron chi connectivity index (χ0n) is 9.15. The summed E-state index contributed by atoms with van der Waals surface area (Å²) >= 11 is 5.80. The average Bonchev–Trinajstić information content (AvgIpc) is 2.28. The van der Waals surface area contributed by atoms with Crippen molar-refractivity contribution < 1.29 is 19.7 Å². The fraction of sp³-hybridized carbons (Fsp3) is 0.364. The molecule has 6 heteroatoms. The molecule has 0 aromatic heterocycles. The van der Waals surface area contributed by atoms with Gasteiger partial charge < -0.3 is 20.3 Å². The molecule has 1 aromatic rings. The summed E-state index contributed by atoms with van der Waals surface area (Å²) in [5, 5.41) is 20.6. The van der Waals surface area contributed by atoms with E-state index in [-0.39, 0.29) is 23.8 Å². The second kappa shape index (κ2) is 7.11. The lowest BCUT2D eigenvalue weighted by atomic mass is 10.2. The van der Waals surface area contributed by atoms with Gasteiger partial charge in [0.05, 0.1) is 30.5 Å². The third kappa shape index (κ3) is 4.22. The van der Waals surface area contributed by atoms with E-state index in [1.54, 1.807) is 12.1 Å². The van der Waals surface area contributed by atoms with Crippen molar-refractivity contribution in [3.63, 3.8) is 0 Å². The number of nitrogens with one attached hydrogen (secondary N) is 1. The van der Waals surface area contributed by atoms with E-state index in [4.69, 9.17) is 26.6 Å². The topological polar surface area (TPSA) is 78.8 Å². The second-order valence-electron chi connectivity index (χ2n) is 3.23. The predicted octanol–water partition coefficient (Wildman–Crippen LogP) is 1.46. The maximum Gasteiger partial charge on any atom is 0.339 e. The average molecular weight is 260 g/mol. The van der Waals surface area contributed by atoms with Crippen molar-refractivity contribution in [1.29, 1.82) is 0 Å². The molecule has 1 aromatic carbocycles.